The highest BCUT2D eigenvalue weighted by Gasteiger charge is 2.13. The van der Waals surface area contributed by atoms with Gasteiger partial charge >= 0.3 is 5.97 Å². The Hall–Kier alpha value is -1.59. The molecule has 3 nitrogen and oxygen atoms in total. The van der Waals surface area contributed by atoms with Crippen molar-refractivity contribution in [2.24, 2.45) is 0 Å². The van der Waals surface area contributed by atoms with Gasteiger partial charge in [0, 0.05) is 15.7 Å². The first-order valence-electron chi connectivity index (χ1n) is 5.63. The van der Waals surface area contributed by atoms with Crippen LogP contribution in [0.15, 0.2) is 40.9 Å². The first-order chi connectivity index (χ1) is 9.47. The first-order valence-corrected chi connectivity index (χ1v) is 6.80. The topological polar surface area (TPSA) is 52.3 Å². The molecule has 6 heteroatoms. The maximum Gasteiger partial charge on any atom is 0.340 e. The number of hydrogen-bond acceptors (Lipinski definition) is 3. The van der Waals surface area contributed by atoms with E-state index in [-0.39, 0.29) is 17.2 Å². The van der Waals surface area contributed by atoms with Crippen LogP contribution < -0.4 is 5.73 Å². The number of rotatable bonds is 3. The summed E-state index contributed by atoms with van der Waals surface area (Å²) in [5.41, 5.74) is 6.71. The number of nitrogens with two attached hydrogens (primary N) is 1. The molecule has 0 aliphatic carbocycles. The average molecular weight is 359 g/mol. The molecule has 0 saturated heterocycles. The Bertz CT molecular complexity index is 664. The van der Waals surface area contributed by atoms with E-state index in [1.54, 1.807) is 12.1 Å². The normalized spacial score (nSPS) is 10.3. The van der Waals surface area contributed by atoms with Gasteiger partial charge in [-0.2, -0.15) is 0 Å². The molecule has 2 aromatic carbocycles. The van der Waals surface area contributed by atoms with Crippen molar-refractivity contribution in [2.75, 3.05) is 5.73 Å². The van der Waals surface area contributed by atoms with Crippen LogP contribution in [0.5, 0.6) is 0 Å². The largest absolute Gasteiger partial charge is 0.457 e. The Kier molecular flexibility index (Phi) is 4.62. The predicted molar refractivity (Wildman–Crippen MR) is 79.1 cm³/mol. The molecular weight excluding hydrogens is 349 g/mol. The monoisotopic (exact) mass is 357 g/mol. The lowest BCUT2D eigenvalue weighted by Crippen LogP contribution is -2.07. The minimum atomic E-state index is -0.613. The summed E-state index contributed by atoms with van der Waals surface area (Å²) in [5, 5.41) is 0.252. The van der Waals surface area contributed by atoms with Gasteiger partial charge in [-0.05, 0) is 36.4 Å². The van der Waals surface area contributed by atoms with Crippen molar-refractivity contribution in [3.05, 3.63) is 62.8 Å². The van der Waals surface area contributed by atoms with E-state index < -0.39 is 11.8 Å². The Labute approximate surface area is 128 Å². The van der Waals surface area contributed by atoms with Crippen LogP contribution in [-0.2, 0) is 11.3 Å². The third-order valence-corrected chi connectivity index (χ3v) is 3.68. The second-order valence-electron chi connectivity index (χ2n) is 4.05. The van der Waals surface area contributed by atoms with E-state index in [1.807, 2.05) is 0 Å². The minimum Gasteiger partial charge on any atom is -0.457 e. The van der Waals surface area contributed by atoms with Gasteiger partial charge in [-0.25, -0.2) is 9.18 Å². The summed E-state index contributed by atoms with van der Waals surface area (Å²) in [7, 11) is 0. The van der Waals surface area contributed by atoms with Gasteiger partial charge in [-0.3, -0.25) is 0 Å². The number of esters is 1. The highest BCUT2D eigenvalue weighted by Crippen LogP contribution is 2.22. The number of anilines is 1. The third-order valence-electron chi connectivity index (χ3n) is 2.58. The van der Waals surface area contributed by atoms with E-state index in [0.29, 0.717) is 15.7 Å². The number of ether oxygens (including phenoxy) is 1. The lowest BCUT2D eigenvalue weighted by atomic mass is 10.2. The molecule has 2 rings (SSSR count). The molecule has 0 aromatic heterocycles. The minimum absolute atomic E-state index is 0.0672. The van der Waals surface area contributed by atoms with Crippen LogP contribution in [0.2, 0.25) is 5.02 Å². The maximum atomic E-state index is 13.1. The first kappa shape index (κ1) is 14.8. The average Bonchev–Trinajstić information content (AvgIpc) is 2.42. The number of carbonyl (C=O) groups is 1. The Morgan fingerprint density at radius 3 is 2.80 bits per heavy atom. The fourth-order valence-corrected chi connectivity index (χ4v) is 2.13. The summed E-state index contributed by atoms with van der Waals surface area (Å²) < 4.78 is 18.9. The van der Waals surface area contributed by atoms with Crippen LogP contribution in [-0.4, -0.2) is 5.97 Å². The predicted octanol–water partition coefficient (Wildman–Crippen LogP) is 4.18. The van der Waals surface area contributed by atoms with E-state index in [1.165, 1.54) is 24.3 Å². The van der Waals surface area contributed by atoms with Gasteiger partial charge < -0.3 is 10.5 Å². The molecule has 0 radical (unpaired) electrons. The van der Waals surface area contributed by atoms with Crippen LogP contribution in [0.25, 0.3) is 0 Å². The maximum absolute atomic E-state index is 13.1. The zero-order valence-electron chi connectivity index (χ0n) is 10.2. The van der Waals surface area contributed by atoms with Crippen molar-refractivity contribution in [1.82, 2.24) is 0 Å². The second-order valence-corrected chi connectivity index (χ2v) is 5.31. The van der Waals surface area contributed by atoms with Crippen molar-refractivity contribution in [2.45, 2.75) is 6.61 Å². The van der Waals surface area contributed by atoms with E-state index in [9.17, 15) is 9.18 Å². The quantitative estimate of drug-likeness (QED) is 0.661. The van der Waals surface area contributed by atoms with E-state index in [4.69, 9.17) is 22.1 Å². The molecule has 0 aliphatic rings. The molecule has 0 spiro atoms. The number of nitrogen functional groups attached to an aromatic ring is 1. The molecule has 0 unspecified atom stereocenters. The molecule has 0 atom stereocenters. The van der Waals surface area contributed by atoms with Crippen molar-refractivity contribution in [3.63, 3.8) is 0 Å². The summed E-state index contributed by atoms with van der Waals surface area (Å²) in [6.07, 6.45) is 0. The number of hydrogen-bond donors (Lipinski definition) is 1. The van der Waals surface area contributed by atoms with Crippen molar-refractivity contribution < 1.29 is 13.9 Å². The molecule has 0 bridgehead atoms. The molecule has 0 amide bonds. The summed E-state index contributed by atoms with van der Waals surface area (Å²) in [6, 6.07) is 8.69. The molecule has 104 valence electrons. The smallest absolute Gasteiger partial charge is 0.340 e. The summed E-state index contributed by atoms with van der Waals surface area (Å²) in [4.78, 5) is 11.9. The third kappa shape index (κ3) is 3.49. The number of halogens is 3. The summed E-state index contributed by atoms with van der Waals surface area (Å²) >= 11 is 9.16. The van der Waals surface area contributed by atoms with Crippen LogP contribution in [0.3, 0.4) is 0 Å². The Morgan fingerprint density at radius 1 is 1.30 bits per heavy atom. The van der Waals surface area contributed by atoms with Gasteiger partial charge in [0.05, 0.1) is 10.6 Å². The molecule has 0 heterocycles. The molecule has 0 fully saturated rings. The molecule has 0 saturated carbocycles. The van der Waals surface area contributed by atoms with Crippen LogP contribution in [0, 0.1) is 5.82 Å². The van der Waals surface area contributed by atoms with Gasteiger partial charge in [0.25, 0.3) is 0 Å². The van der Waals surface area contributed by atoms with Crippen molar-refractivity contribution in [3.8, 4) is 0 Å². The molecule has 2 N–H and O–H groups in total. The molecule has 2 aromatic rings. The number of benzene rings is 2. The van der Waals surface area contributed by atoms with E-state index in [2.05, 4.69) is 15.9 Å². The van der Waals surface area contributed by atoms with Gasteiger partial charge in [0.2, 0.25) is 0 Å². The molecule has 20 heavy (non-hydrogen) atoms. The standard InChI is InChI=1S/C14H10BrClFNO2/c15-12-3-1-9(17)5-8(12)7-20-14(19)11-6-10(18)2-4-13(11)16/h1-6H,7,18H2. The zero-order chi connectivity index (χ0) is 14.7. The van der Waals surface area contributed by atoms with Crippen molar-refractivity contribution >= 4 is 39.2 Å². The Balaban J connectivity index is 2.12. The molecule has 0 aliphatic heterocycles. The zero-order valence-corrected chi connectivity index (χ0v) is 12.5. The fraction of sp³-hybridized carbons (Fsp3) is 0.0714. The fourth-order valence-electron chi connectivity index (χ4n) is 1.57. The van der Waals surface area contributed by atoms with Gasteiger partial charge in [0.15, 0.2) is 0 Å². The van der Waals surface area contributed by atoms with E-state index in [0.717, 1.165) is 0 Å². The van der Waals surface area contributed by atoms with Gasteiger partial charge in [-0.1, -0.05) is 27.5 Å². The van der Waals surface area contributed by atoms with Crippen molar-refractivity contribution in [1.29, 1.82) is 0 Å². The number of carbonyl (C=O) groups excluding carboxylic acids is 1. The summed E-state index contributed by atoms with van der Waals surface area (Å²) in [6.45, 7) is -0.0672. The lowest BCUT2D eigenvalue weighted by molar-refractivity contribution is 0.0472. The van der Waals surface area contributed by atoms with Gasteiger partial charge in [0.1, 0.15) is 12.4 Å². The van der Waals surface area contributed by atoms with Crippen LogP contribution >= 0.6 is 27.5 Å². The highest BCUT2D eigenvalue weighted by molar-refractivity contribution is 9.10. The van der Waals surface area contributed by atoms with Gasteiger partial charge in [-0.15, -0.1) is 0 Å². The SMILES string of the molecule is Nc1ccc(Cl)c(C(=O)OCc2cc(F)ccc2Br)c1. The van der Waals surface area contributed by atoms with E-state index >= 15 is 0 Å². The van der Waals surface area contributed by atoms with Crippen LogP contribution in [0.4, 0.5) is 10.1 Å². The highest BCUT2D eigenvalue weighted by atomic mass is 79.9. The lowest BCUT2D eigenvalue weighted by Gasteiger charge is -2.08. The molecular formula is C14H10BrClFNO2. The second kappa shape index (κ2) is 6.24. The summed E-state index contributed by atoms with van der Waals surface area (Å²) in [5.74, 6) is -1.01. The van der Waals surface area contributed by atoms with Crippen LogP contribution in [0.1, 0.15) is 15.9 Å². The Morgan fingerprint density at radius 2 is 2.05 bits per heavy atom.